The number of likely N-dealkylation sites (N-methyl/N-ethyl adjacent to an activating group) is 2. The molecule has 0 fully saturated rings. The lowest BCUT2D eigenvalue weighted by Crippen LogP contribution is -2.32. The highest BCUT2D eigenvalue weighted by molar-refractivity contribution is 7.21. The number of thiazole rings is 1. The predicted octanol–water partition coefficient (Wildman–Crippen LogP) is 3.69. The highest BCUT2D eigenvalue weighted by Crippen LogP contribution is 2.31. The number of amides is 1. The van der Waals surface area contributed by atoms with Gasteiger partial charge < -0.3 is 14.6 Å². The maximum Gasteiger partial charge on any atom is 0.289 e. The molecule has 0 saturated heterocycles. The molecule has 130 valence electrons. The van der Waals surface area contributed by atoms with Crippen molar-refractivity contribution in [2.24, 2.45) is 0 Å². The maximum absolute atomic E-state index is 12.3. The number of carbonyl (C=O) groups is 1. The van der Waals surface area contributed by atoms with E-state index in [-0.39, 0.29) is 30.7 Å². The summed E-state index contributed by atoms with van der Waals surface area (Å²) in [7, 11) is 3.62. The molecule has 5 nitrogen and oxygen atoms in total. The summed E-state index contributed by atoms with van der Waals surface area (Å²) in [6.07, 6.45) is 0. The lowest BCUT2D eigenvalue weighted by Gasteiger charge is -2.14. The predicted molar refractivity (Wildman–Crippen MR) is 103 cm³/mol. The maximum atomic E-state index is 12.3. The third kappa shape index (κ3) is 4.27. The number of furan rings is 1. The Balaban J connectivity index is 0.00000144. The van der Waals surface area contributed by atoms with Crippen LogP contribution in [0.4, 0.5) is 0 Å². The van der Waals surface area contributed by atoms with Gasteiger partial charge in [0, 0.05) is 20.1 Å². The van der Waals surface area contributed by atoms with Crippen molar-refractivity contribution >= 4 is 52.3 Å². The van der Waals surface area contributed by atoms with E-state index in [9.17, 15) is 4.79 Å². The minimum Gasteiger partial charge on any atom is -0.448 e. The zero-order valence-electron chi connectivity index (χ0n) is 13.3. The summed E-state index contributed by atoms with van der Waals surface area (Å²) >= 11 is 1.56. The molecule has 0 radical (unpaired) electrons. The van der Waals surface area contributed by atoms with E-state index in [1.165, 1.54) is 0 Å². The number of benzene rings is 1. The van der Waals surface area contributed by atoms with E-state index in [4.69, 9.17) is 4.42 Å². The van der Waals surface area contributed by atoms with E-state index < -0.39 is 0 Å². The van der Waals surface area contributed by atoms with Crippen molar-refractivity contribution < 1.29 is 9.21 Å². The molecule has 8 heteroatoms. The fraction of sp³-hybridized carbons (Fsp3) is 0.250. The second-order valence-corrected chi connectivity index (χ2v) is 6.01. The summed E-state index contributed by atoms with van der Waals surface area (Å²) in [5, 5.41) is 3.81. The normalized spacial score (nSPS) is 10.1. The minimum absolute atomic E-state index is 0. The van der Waals surface area contributed by atoms with Gasteiger partial charge in [-0.25, -0.2) is 4.98 Å². The number of para-hydroxylation sites is 1. The Bertz CT molecular complexity index is 770. The molecule has 0 bridgehead atoms. The van der Waals surface area contributed by atoms with Gasteiger partial charge in [0.25, 0.3) is 5.91 Å². The first-order valence-electron chi connectivity index (χ1n) is 7.05. The van der Waals surface area contributed by atoms with Crippen LogP contribution in [-0.4, -0.2) is 43.0 Å². The number of rotatable bonds is 5. The van der Waals surface area contributed by atoms with Crippen molar-refractivity contribution in [3.63, 3.8) is 0 Å². The molecular formula is C16H19Cl2N3O2S. The van der Waals surface area contributed by atoms with Crippen LogP contribution < -0.4 is 5.32 Å². The largest absolute Gasteiger partial charge is 0.448 e. The van der Waals surface area contributed by atoms with E-state index in [0.29, 0.717) is 18.1 Å². The van der Waals surface area contributed by atoms with Gasteiger partial charge in [0.15, 0.2) is 16.5 Å². The van der Waals surface area contributed by atoms with Crippen molar-refractivity contribution in [2.45, 2.75) is 0 Å². The summed E-state index contributed by atoms with van der Waals surface area (Å²) in [6.45, 7) is 1.38. The summed E-state index contributed by atoms with van der Waals surface area (Å²) in [4.78, 5) is 18.4. The fourth-order valence-electron chi connectivity index (χ4n) is 2.11. The zero-order chi connectivity index (χ0) is 15.5. The second-order valence-electron chi connectivity index (χ2n) is 4.98. The Kier molecular flexibility index (Phi) is 7.69. The number of aromatic nitrogens is 1. The first-order valence-corrected chi connectivity index (χ1v) is 7.86. The second kappa shape index (κ2) is 9.03. The Labute approximate surface area is 156 Å². The number of halogens is 2. The van der Waals surface area contributed by atoms with E-state index >= 15 is 0 Å². The van der Waals surface area contributed by atoms with E-state index in [2.05, 4.69) is 10.3 Å². The van der Waals surface area contributed by atoms with Crippen LogP contribution in [0.1, 0.15) is 10.6 Å². The van der Waals surface area contributed by atoms with Crippen molar-refractivity contribution in [3.05, 3.63) is 42.2 Å². The van der Waals surface area contributed by atoms with E-state index in [1.807, 2.05) is 31.3 Å². The average Bonchev–Trinajstić information content (AvgIpc) is 3.17. The van der Waals surface area contributed by atoms with Gasteiger partial charge in [0.05, 0.1) is 10.2 Å². The number of hydrogen-bond acceptors (Lipinski definition) is 5. The molecule has 2 heterocycles. The average molecular weight is 388 g/mol. The number of carbonyl (C=O) groups excluding carboxylic acids is 1. The van der Waals surface area contributed by atoms with Crippen LogP contribution in [0.15, 0.2) is 40.8 Å². The Morgan fingerprint density at radius 2 is 2.00 bits per heavy atom. The molecule has 0 spiro atoms. The molecule has 1 aromatic carbocycles. The highest BCUT2D eigenvalue weighted by atomic mass is 35.5. The Hall–Kier alpha value is -1.60. The minimum atomic E-state index is -0.123. The standard InChI is InChI=1S/C16H17N3O2S.2ClH/c1-17-9-10-19(2)16(20)13-8-7-12(21-13)15-18-11-5-3-4-6-14(11)22-15;;/h3-8,17H,9-10H2,1-2H3;2*1H. The van der Waals surface area contributed by atoms with Gasteiger partial charge in [-0.2, -0.15) is 0 Å². The number of hydrogen-bond donors (Lipinski definition) is 1. The summed E-state index contributed by atoms with van der Waals surface area (Å²) in [5.41, 5.74) is 0.943. The molecule has 1 amide bonds. The molecule has 0 atom stereocenters. The molecular weight excluding hydrogens is 369 g/mol. The Morgan fingerprint density at radius 3 is 2.71 bits per heavy atom. The van der Waals surface area contributed by atoms with Gasteiger partial charge >= 0.3 is 0 Å². The first kappa shape index (κ1) is 20.4. The van der Waals surface area contributed by atoms with Gasteiger partial charge in [-0.05, 0) is 31.3 Å². The SMILES string of the molecule is CNCCN(C)C(=O)c1ccc(-c2nc3ccccc3s2)o1.Cl.Cl. The van der Waals surface area contributed by atoms with E-state index in [0.717, 1.165) is 21.8 Å². The fourth-order valence-corrected chi connectivity index (χ4v) is 3.04. The molecule has 0 aliphatic rings. The van der Waals surface area contributed by atoms with Gasteiger partial charge in [0.2, 0.25) is 0 Å². The lowest BCUT2D eigenvalue weighted by molar-refractivity contribution is 0.0766. The third-order valence-corrected chi connectivity index (χ3v) is 4.42. The number of nitrogens with zero attached hydrogens (tertiary/aromatic N) is 2. The summed E-state index contributed by atoms with van der Waals surface area (Å²) in [6, 6.07) is 11.4. The van der Waals surface area contributed by atoms with Crippen LogP contribution in [0.5, 0.6) is 0 Å². The molecule has 0 aliphatic carbocycles. The first-order chi connectivity index (χ1) is 10.7. The van der Waals surface area contributed by atoms with Crippen LogP contribution in [0, 0.1) is 0 Å². The molecule has 1 N–H and O–H groups in total. The number of fused-ring (bicyclic) bond motifs is 1. The van der Waals surface area contributed by atoms with Crippen molar-refractivity contribution in [3.8, 4) is 10.8 Å². The molecule has 24 heavy (non-hydrogen) atoms. The van der Waals surface area contributed by atoms with Crippen molar-refractivity contribution in [1.29, 1.82) is 0 Å². The molecule has 0 saturated carbocycles. The molecule has 2 aromatic heterocycles. The van der Waals surface area contributed by atoms with Gasteiger partial charge in [-0.3, -0.25) is 4.79 Å². The van der Waals surface area contributed by atoms with Crippen LogP contribution in [0.3, 0.4) is 0 Å². The molecule has 0 aliphatic heterocycles. The summed E-state index contributed by atoms with van der Waals surface area (Å²) < 4.78 is 6.80. The topological polar surface area (TPSA) is 58.4 Å². The third-order valence-electron chi connectivity index (χ3n) is 3.37. The van der Waals surface area contributed by atoms with Gasteiger partial charge in [-0.15, -0.1) is 36.2 Å². The summed E-state index contributed by atoms with van der Waals surface area (Å²) in [5.74, 6) is 0.849. The van der Waals surface area contributed by atoms with Gasteiger partial charge in [0.1, 0.15) is 0 Å². The smallest absolute Gasteiger partial charge is 0.289 e. The number of nitrogens with one attached hydrogen (secondary N) is 1. The lowest BCUT2D eigenvalue weighted by atomic mass is 10.3. The van der Waals surface area contributed by atoms with E-state index in [1.54, 1.807) is 35.4 Å². The van der Waals surface area contributed by atoms with Crippen LogP contribution in [0.25, 0.3) is 21.0 Å². The molecule has 3 rings (SSSR count). The van der Waals surface area contributed by atoms with Crippen molar-refractivity contribution in [1.82, 2.24) is 15.2 Å². The zero-order valence-corrected chi connectivity index (χ0v) is 15.8. The highest BCUT2D eigenvalue weighted by Gasteiger charge is 2.17. The van der Waals surface area contributed by atoms with Gasteiger partial charge in [-0.1, -0.05) is 12.1 Å². The van der Waals surface area contributed by atoms with Crippen molar-refractivity contribution in [2.75, 3.05) is 27.2 Å². The van der Waals surface area contributed by atoms with Crippen LogP contribution in [-0.2, 0) is 0 Å². The molecule has 0 unspecified atom stereocenters. The quantitative estimate of drug-likeness (QED) is 0.724. The van der Waals surface area contributed by atoms with Crippen LogP contribution in [0.2, 0.25) is 0 Å². The van der Waals surface area contributed by atoms with Crippen LogP contribution >= 0.6 is 36.2 Å². The Morgan fingerprint density at radius 1 is 1.25 bits per heavy atom. The molecule has 3 aromatic rings. The monoisotopic (exact) mass is 387 g/mol.